The van der Waals surface area contributed by atoms with Gasteiger partial charge in [-0.05, 0) is 41.7 Å². The van der Waals surface area contributed by atoms with Gasteiger partial charge in [0, 0.05) is 23.4 Å². The van der Waals surface area contributed by atoms with Crippen LogP contribution in [0.5, 0.6) is 17.2 Å². The van der Waals surface area contributed by atoms with E-state index in [1.54, 1.807) is 32.0 Å². The lowest BCUT2D eigenvalue weighted by molar-refractivity contribution is 0.0962. The Kier molecular flexibility index (Phi) is 6.53. The zero-order valence-electron chi connectivity index (χ0n) is 19.4. The van der Waals surface area contributed by atoms with Crippen molar-refractivity contribution >= 4 is 34.9 Å². The van der Waals surface area contributed by atoms with Crippen LogP contribution in [0.2, 0.25) is 5.02 Å². The highest BCUT2D eigenvalue weighted by Gasteiger charge is 2.30. The molecule has 0 fully saturated rings. The van der Waals surface area contributed by atoms with Gasteiger partial charge in [-0.15, -0.1) is 5.10 Å². The van der Waals surface area contributed by atoms with Crippen LogP contribution in [0.3, 0.4) is 0 Å². The predicted octanol–water partition coefficient (Wildman–Crippen LogP) is 5.01. The van der Waals surface area contributed by atoms with Gasteiger partial charge in [-0.1, -0.05) is 41.6 Å². The number of aromatic nitrogens is 4. The number of ether oxygens (including phenoxy) is 3. The summed E-state index contributed by atoms with van der Waals surface area (Å²) in [7, 11) is 4.72. The predicted molar refractivity (Wildman–Crippen MR) is 133 cm³/mol. The molecule has 8 nitrogen and oxygen atoms in total. The summed E-state index contributed by atoms with van der Waals surface area (Å²) in [6.07, 6.45) is 2.67. The standard InChI is InChI=1S/C25H23ClN4O4S/c1-32-21-10-16(11-22(33-2)23(21)34-3)15-8-19-17(20(31)9-15)12-30-24(27-19)28-25(29-30)35-13-14-6-4-5-7-18(14)26/h4-7,10-12,15H,8-9,13H2,1-3H3/t15-/m0/s1. The maximum atomic E-state index is 13.1. The molecule has 0 bridgehead atoms. The van der Waals surface area contributed by atoms with Gasteiger partial charge < -0.3 is 14.2 Å². The molecule has 0 amide bonds. The average Bonchev–Trinajstić information content (AvgIpc) is 3.27. The second kappa shape index (κ2) is 9.75. The Hall–Kier alpha value is -3.30. The van der Waals surface area contributed by atoms with Crippen LogP contribution in [0.1, 0.15) is 39.5 Å². The third kappa shape index (κ3) is 4.53. The van der Waals surface area contributed by atoms with E-state index in [2.05, 4.69) is 10.1 Å². The van der Waals surface area contributed by atoms with Gasteiger partial charge >= 0.3 is 0 Å². The number of carbonyl (C=O) groups is 1. The number of rotatable bonds is 7. The van der Waals surface area contributed by atoms with Crippen molar-refractivity contribution in [2.45, 2.75) is 29.7 Å². The van der Waals surface area contributed by atoms with Crippen molar-refractivity contribution in [2.75, 3.05) is 21.3 Å². The van der Waals surface area contributed by atoms with Gasteiger partial charge in [0.2, 0.25) is 10.9 Å². The van der Waals surface area contributed by atoms with Crippen molar-refractivity contribution in [3.63, 3.8) is 0 Å². The lowest BCUT2D eigenvalue weighted by atomic mass is 9.82. The first kappa shape index (κ1) is 23.4. The smallest absolute Gasteiger partial charge is 0.253 e. The molecule has 5 rings (SSSR count). The number of benzene rings is 2. The van der Waals surface area contributed by atoms with Crippen molar-refractivity contribution in [1.29, 1.82) is 0 Å². The van der Waals surface area contributed by atoms with Crippen LogP contribution in [0, 0.1) is 0 Å². The number of halogens is 1. The highest BCUT2D eigenvalue weighted by Crippen LogP contribution is 2.42. The second-order valence-corrected chi connectivity index (χ2v) is 9.46. The first-order valence-corrected chi connectivity index (χ1v) is 12.3. The summed E-state index contributed by atoms with van der Waals surface area (Å²) in [5.41, 5.74) is 3.22. The molecule has 0 unspecified atom stereocenters. The summed E-state index contributed by atoms with van der Waals surface area (Å²) >= 11 is 7.73. The first-order chi connectivity index (χ1) is 17.0. The molecule has 2 aromatic carbocycles. The fraction of sp³-hybridized carbons (Fsp3) is 0.280. The molecule has 180 valence electrons. The SMILES string of the molecule is COc1cc([C@@H]2CC(=O)c3cn4nc(SCc5ccccc5Cl)nc4nc3C2)cc(OC)c1OC. The van der Waals surface area contributed by atoms with Crippen molar-refractivity contribution in [1.82, 2.24) is 19.6 Å². The molecule has 0 spiro atoms. The number of ketones is 1. The number of carbonyl (C=O) groups excluding carboxylic acids is 1. The lowest BCUT2D eigenvalue weighted by Crippen LogP contribution is -2.21. The molecule has 35 heavy (non-hydrogen) atoms. The Balaban J connectivity index is 1.43. The Morgan fingerprint density at radius 1 is 1.06 bits per heavy atom. The monoisotopic (exact) mass is 510 g/mol. The molecular formula is C25H23ClN4O4S. The minimum Gasteiger partial charge on any atom is -0.493 e. The topological polar surface area (TPSA) is 87.8 Å². The number of thioether (sulfide) groups is 1. The molecule has 0 N–H and O–H groups in total. The van der Waals surface area contributed by atoms with E-state index in [1.165, 1.54) is 11.8 Å². The third-order valence-electron chi connectivity index (χ3n) is 6.04. The zero-order chi connectivity index (χ0) is 24.5. The van der Waals surface area contributed by atoms with Gasteiger partial charge in [-0.2, -0.15) is 4.98 Å². The highest BCUT2D eigenvalue weighted by atomic mass is 35.5. The van der Waals surface area contributed by atoms with Crippen molar-refractivity contribution < 1.29 is 19.0 Å². The van der Waals surface area contributed by atoms with Crippen LogP contribution in [-0.2, 0) is 12.2 Å². The maximum Gasteiger partial charge on any atom is 0.253 e. The van der Waals surface area contributed by atoms with Gasteiger partial charge in [-0.3, -0.25) is 4.79 Å². The third-order valence-corrected chi connectivity index (χ3v) is 7.29. The Labute approximate surface area is 211 Å². The van der Waals surface area contributed by atoms with E-state index < -0.39 is 0 Å². The fourth-order valence-corrected chi connectivity index (χ4v) is 5.37. The van der Waals surface area contributed by atoms with Gasteiger partial charge in [0.1, 0.15) is 0 Å². The minimum absolute atomic E-state index is 0.0140. The molecule has 0 aliphatic heterocycles. The normalized spacial score (nSPS) is 15.2. The van der Waals surface area contributed by atoms with Crippen LogP contribution in [0.15, 0.2) is 47.8 Å². The molecular weight excluding hydrogens is 488 g/mol. The van der Waals surface area contributed by atoms with Crippen LogP contribution in [-0.4, -0.2) is 46.7 Å². The van der Waals surface area contributed by atoms with Crippen molar-refractivity contribution in [3.05, 3.63) is 70.0 Å². The molecule has 1 aliphatic carbocycles. The summed E-state index contributed by atoms with van der Waals surface area (Å²) in [5, 5.41) is 5.79. The number of nitrogens with zero attached hydrogens (tertiary/aromatic N) is 4. The number of hydrogen-bond donors (Lipinski definition) is 0. The quantitative estimate of drug-likeness (QED) is 0.321. The molecule has 0 saturated heterocycles. The minimum atomic E-state index is -0.0735. The van der Waals surface area contributed by atoms with E-state index in [1.807, 2.05) is 36.4 Å². The molecule has 0 radical (unpaired) electrons. The van der Waals surface area contributed by atoms with Gasteiger partial charge in [-0.25, -0.2) is 9.50 Å². The fourth-order valence-electron chi connectivity index (χ4n) is 4.26. The van der Waals surface area contributed by atoms with Crippen LogP contribution in [0.25, 0.3) is 5.78 Å². The molecule has 1 atom stereocenters. The highest BCUT2D eigenvalue weighted by molar-refractivity contribution is 7.98. The summed E-state index contributed by atoms with van der Waals surface area (Å²) in [5.74, 6) is 2.67. The van der Waals surface area contributed by atoms with Crippen LogP contribution in [0.4, 0.5) is 0 Å². The molecule has 4 aromatic rings. The van der Waals surface area contributed by atoms with Gasteiger partial charge in [0.15, 0.2) is 17.3 Å². The number of methoxy groups -OCH3 is 3. The first-order valence-electron chi connectivity index (χ1n) is 11.0. The van der Waals surface area contributed by atoms with Crippen molar-refractivity contribution in [2.24, 2.45) is 0 Å². The Morgan fingerprint density at radius 2 is 1.80 bits per heavy atom. The van der Waals surface area contributed by atoms with Gasteiger partial charge in [0.05, 0.1) is 32.6 Å². The molecule has 0 saturated carbocycles. The lowest BCUT2D eigenvalue weighted by Gasteiger charge is -2.24. The Morgan fingerprint density at radius 3 is 2.49 bits per heavy atom. The van der Waals surface area contributed by atoms with E-state index in [9.17, 15) is 4.79 Å². The summed E-state index contributed by atoms with van der Waals surface area (Å²) in [6.45, 7) is 0. The largest absolute Gasteiger partial charge is 0.493 e. The number of Topliss-reactive ketones (excluding diaryl/α,β-unsaturated/α-hetero) is 1. The van der Waals surface area contributed by atoms with E-state index in [0.29, 0.717) is 63.1 Å². The van der Waals surface area contributed by atoms with E-state index in [-0.39, 0.29) is 11.7 Å². The number of fused-ring (bicyclic) bond motifs is 2. The van der Waals surface area contributed by atoms with Crippen LogP contribution >= 0.6 is 23.4 Å². The van der Waals surface area contributed by atoms with E-state index >= 15 is 0 Å². The Bertz CT molecular complexity index is 1400. The average molecular weight is 511 g/mol. The number of hydrogen-bond acceptors (Lipinski definition) is 8. The van der Waals surface area contributed by atoms with Crippen molar-refractivity contribution in [3.8, 4) is 17.2 Å². The summed E-state index contributed by atoms with van der Waals surface area (Å²) in [4.78, 5) is 22.3. The summed E-state index contributed by atoms with van der Waals surface area (Å²) < 4.78 is 18.0. The summed E-state index contributed by atoms with van der Waals surface area (Å²) in [6, 6.07) is 11.5. The second-order valence-electron chi connectivity index (χ2n) is 8.11. The molecule has 2 aromatic heterocycles. The molecule has 10 heteroatoms. The van der Waals surface area contributed by atoms with Crippen LogP contribution < -0.4 is 14.2 Å². The molecule has 2 heterocycles. The van der Waals surface area contributed by atoms with E-state index in [0.717, 1.165) is 11.1 Å². The van der Waals surface area contributed by atoms with Gasteiger partial charge in [0.25, 0.3) is 5.78 Å². The maximum absolute atomic E-state index is 13.1. The zero-order valence-corrected chi connectivity index (χ0v) is 21.0. The molecule has 1 aliphatic rings. The van der Waals surface area contributed by atoms with E-state index in [4.69, 9.17) is 30.8 Å².